The van der Waals surface area contributed by atoms with E-state index in [-0.39, 0.29) is 17.2 Å². The van der Waals surface area contributed by atoms with Gasteiger partial charge in [-0.3, -0.25) is 9.59 Å². The van der Waals surface area contributed by atoms with Gasteiger partial charge in [0, 0.05) is 10.7 Å². The van der Waals surface area contributed by atoms with Crippen LogP contribution in [0.15, 0.2) is 48.5 Å². The zero-order valence-corrected chi connectivity index (χ0v) is 12.6. The predicted octanol–water partition coefficient (Wildman–Crippen LogP) is 2.84. The van der Waals surface area contributed by atoms with Gasteiger partial charge in [0.15, 0.2) is 6.10 Å². The highest BCUT2D eigenvalue weighted by Gasteiger charge is 2.18. The summed E-state index contributed by atoms with van der Waals surface area (Å²) in [6.45, 7) is 1.58. The van der Waals surface area contributed by atoms with Crippen LogP contribution in [0.5, 0.6) is 5.75 Å². The first kappa shape index (κ1) is 15.9. The molecular weight excluding hydrogens is 304 g/mol. The third-order valence-corrected chi connectivity index (χ3v) is 3.15. The van der Waals surface area contributed by atoms with Gasteiger partial charge in [-0.05, 0) is 37.3 Å². The number of hydrogen-bond donors (Lipinski definition) is 2. The van der Waals surface area contributed by atoms with Gasteiger partial charge in [0.2, 0.25) is 0 Å². The minimum absolute atomic E-state index is 0.227. The average molecular weight is 319 g/mol. The van der Waals surface area contributed by atoms with E-state index in [1.807, 2.05) is 0 Å². The fraction of sp³-hybridized carbons (Fsp3) is 0.125. The lowest BCUT2D eigenvalue weighted by atomic mass is 10.2. The van der Waals surface area contributed by atoms with Crippen molar-refractivity contribution in [2.75, 3.05) is 5.32 Å². The number of halogens is 1. The highest BCUT2D eigenvalue weighted by Crippen LogP contribution is 2.20. The van der Waals surface area contributed by atoms with Gasteiger partial charge < -0.3 is 15.8 Å². The van der Waals surface area contributed by atoms with Crippen LogP contribution in [0.4, 0.5) is 5.69 Å². The molecule has 1 unspecified atom stereocenters. The summed E-state index contributed by atoms with van der Waals surface area (Å²) in [6.07, 6.45) is -0.806. The van der Waals surface area contributed by atoms with Crippen LogP contribution in [0.2, 0.25) is 5.02 Å². The van der Waals surface area contributed by atoms with Crippen molar-refractivity contribution in [1.82, 2.24) is 0 Å². The molecule has 2 rings (SSSR count). The largest absolute Gasteiger partial charge is 0.480 e. The molecule has 0 fully saturated rings. The molecule has 2 amide bonds. The van der Waals surface area contributed by atoms with Crippen LogP contribution < -0.4 is 15.8 Å². The molecule has 0 spiro atoms. The molecule has 0 radical (unpaired) electrons. The first-order valence-corrected chi connectivity index (χ1v) is 6.97. The van der Waals surface area contributed by atoms with Crippen molar-refractivity contribution < 1.29 is 14.3 Å². The molecule has 0 saturated carbocycles. The van der Waals surface area contributed by atoms with E-state index in [1.165, 1.54) is 0 Å². The van der Waals surface area contributed by atoms with Gasteiger partial charge >= 0.3 is 0 Å². The van der Waals surface area contributed by atoms with Crippen molar-refractivity contribution in [2.45, 2.75) is 13.0 Å². The molecule has 22 heavy (non-hydrogen) atoms. The third-order valence-electron chi connectivity index (χ3n) is 2.92. The van der Waals surface area contributed by atoms with E-state index < -0.39 is 12.0 Å². The van der Waals surface area contributed by atoms with Crippen molar-refractivity contribution in [2.24, 2.45) is 5.73 Å². The van der Waals surface area contributed by atoms with Gasteiger partial charge in [0.1, 0.15) is 5.75 Å². The average Bonchev–Trinajstić information content (AvgIpc) is 2.47. The van der Waals surface area contributed by atoms with Gasteiger partial charge in [-0.1, -0.05) is 29.8 Å². The molecule has 6 heteroatoms. The van der Waals surface area contributed by atoms with Crippen molar-refractivity contribution >= 4 is 29.1 Å². The van der Waals surface area contributed by atoms with Gasteiger partial charge in [-0.15, -0.1) is 0 Å². The molecule has 2 aromatic rings. The second-order valence-corrected chi connectivity index (χ2v) is 5.06. The summed E-state index contributed by atoms with van der Waals surface area (Å²) in [5.41, 5.74) is 6.07. The summed E-state index contributed by atoms with van der Waals surface area (Å²) in [7, 11) is 0. The van der Waals surface area contributed by atoms with Crippen LogP contribution in [0.25, 0.3) is 0 Å². The lowest BCUT2D eigenvalue weighted by Crippen LogP contribution is -2.30. The number of carbonyl (C=O) groups excluding carboxylic acids is 2. The number of nitrogens with one attached hydrogen (secondary N) is 1. The van der Waals surface area contributed by atoms with E-state index in [2.05, 4.69) is 5.32 Å². The Balaban J connectivity index is 2.07. The van der Waals surface area contributed by atoms with E-state index in [0.29, 0.717) is 10.7 Å². The summed E-state index contributed by atoms with van der Waals surface area (Å²) in [4.78, 5) is 23.4. The summed E-state index contributed by atoms with van der Waals surface area (Å²) < 4.78 is 5.53. The number of carbonyl (C=O) groups is 2. The molecule has 0 aliphatic carbocycles. The Labute approximate surface area is 133 Å². The van der Waals surface area contributed by atoms with E-state index in [1.54, 1.807) is 55.5 Å². The molecule has 1 atom stereocenters. The van der Waals surface area contributed by atoms with E-state index in [9.17, 15) is 9.59 Å². The summed E-state index contributed by atoms with van der Waals surface area (Å²) >= 11 is 5.86. The number of ether oxygens (including phenoxy) is 1. The maximum absolute atomic E-state index is 12.1. The molecule has 0 bridgehead atoms. The maximum Gasteiger partial charge on any atom is 0.265 e. The Kier molecular flexibility index (Phi) is 5.01. The fourth-order valence-electron chi connectivity index (χ4n) is 1.83. The van der Waals surface area contributed by atoms with Gasteiger partial charge in [-0.25, -0.2) is 0 Å². The third kappa shape index (κ3) is 3.99. The molecule has 114 valence electrons. The number of anilines is 1. The highest BCUT2D eigenvalue weighted by atomic mass is 35.5. The second kappa shape index (κ2) is 6.95. The van der Waals surface area contributed by atoms with Crippen molar-refractivity contribution in [1.29, 1.82) is 0 Å². The van der Waals surface area contributed by atoms with Crippen molar-refractivity contribution in [3.05, 3.63) is 59.1 Å². The second-order valence-electron chi connectivity index (χ2n) is 4.62. The first-order chi connectivity index (χ1) is 10.5. The number of nitrogens with two attached hydrogens (primary N) is 1. The van der Waals surface area contributed by atoms with E-state index in [4.69, 9.17) is 22.1 Å². The minimum atomic E-state index is -0.806. The van der Waals surface area contributed by atoms with Crippen molar-refractivity contribution in [3.8, 4) is 5.75 Å². The van der Waals surface area contributed by atoms with E-state index >= 15 is 0 Å². The molecule has 5 nitrogen and oxygen atoms in total. The number of rotatable bonds is 5. The van der Waals surface area contributed by atoms with Gasteiger partial charge in [0.25, 0.3) is 11.8 Å². The van der Waals surface area contributed by atoms with Crippen molar-refractivity contribution in [3.63, 3.8) is 0 Å². The fourth-order valence-corrected chi connectivity index (χ4v) is 2.02. The lowest BCUT2D eigenvalue weighted by molar-refractivity contribution is -0.122. The molecule has 0 aliphatic rings. The summed E-state index contributed by atoms with van der Waals surface area (Å²) in [5, 5.41) is 3.21. The molecular formula is C16H15ClN2O3. The Bertz CT molecular complexity index is 703. The van der Waals surface area contributed by atoms with Gasteiger partial charge in [-0.2, -0.15) is 0 Å². The number of benzene rings is 2. The van der Waals surface area contributed by atoms with Crippen LogP contribution in [0, 0.1) is 0 Å². The van der Waals surface area contributed by atoms with Crippen LogP contribution in [0.3, 0.4) is 0 Å². The predicted molar refractivity (Wildman–Crippen MR) is 85.1 cm³/mol. The monoisotopic (exact) mass is 318 g/mol. The van der Waals surface area contributed by atoms with Crippen LogP contribution in [-0.2, 0) is 4.79 Å². The molecule has 2 aromatic carbocycles. The molecule has 3 N–H and O–H groups in total. The summed E-state index contributed by atoms with van der Waals surface area (Å²) in [6, 6.07) is 13.3. The molecule has 0 saturated heterocycles. The van der Waals surface area contributed by atoms with Crippen LogP contribution in [0.1, 0.15) is 17.3 Å². The maximum atomic E-state index is 12.1. The van der Waals surface area contributed by atoms with Crippen LogP contribution in [-0.4, -0.2) is 17.9 Å². The topological polar surface area (TPSA) is 81.4 Å². The Morgan fingerprint density at radius 1 is 1.18 bits per heavy atom. The number of primary amides is 1. The molecule has 0 aromatic heterocycles. The molecule has 0 heterocycles. The number of amides is 2. The normalized spacial score (nSPS) is 11.5. The van der Waals surface area contributed by atoms with E-state index in [0.717, 1.165) is 0 Å². The SMILES string of the molecule is CC(Oc1ccccc1C(N)=O)C(=O)Nc1cccc(Cl)c1. The molecule has 0 aliphatic heterocycles. The Morgan fingerprint density at radius 2 is 1.91 bits per heavy atom. The smallest absolute Gasteiger partial charge is 0.265 e. The number of hydrogen-bond acceptors (Lipinski definition) is 3. The zero-order valence-electron chi connectivity index (χ0n) is 11.9. The van der Waals surface area contributed by atoms with Gasteiger partial charge in [0.05, 0.1) is 5.56 Å². The minimum Gasteiger partial charge on any atom is -0.480 e. The first-order valence-electron chi connectivity index (χ1n) is 6.59. The quantitative estimate of drug-likeness (QED) is 0.889. The lowest BCUT2D eigenvalue weighted by Gasteiger charge is -2.16. The Hall–Kier alpha value is -2.53. The number of para-hydroxylation sites is 1. The Morgan fingerprint density at radius 3 is 2.59 bits per heavy atom. The summed E-state index contributed by atoms with van der Waals surface area (Å²) in [5.74, 6) is -0.705. The van der Waals surface area contributed by atoms with Crippen LogP contribution >= 0.6 is 11.6 Å². The standard InChI is InChI=1S/C16H15ClN2O3/c1-10(16(21)19-12-6-4-5-11(17)9-12)22-14-8-3-2-7-13(14)15(18)20/h2-10H,1H3,(H2,18,20)(H,19,21). The zero-order chi connectivity index (χ0) is 16.1. The highest BCUT2D eigenvalue weighted by molar-refractivity contribution is 6.30.